The van der Waals surface area contributed by atoms with Crippen molar-refractivity contribution in [1.82, 2.24) is 0 Å². The van der Waals surface area contributed by atoms with Gasteiger partial charge in [-0.1, -0.05) is 6.07 Å². The molecule has 0 heterocycles. The predicted octanol–water partition coefficient (Wildman–Crippen LogP) is 2.38. The van der Waals surface area contributed by atoms with E-state index in [0.29, 0.717) is 0 Å². The van der Waals surface area contributed by atoms with Gasteiger partial charge in [-0.15, -0.1) is 0 Å². The fourth-order valence-corrected chi connectivity index (χ4v) is 2.03. The van der Waals surface area contributed by atoms with Crippen LogP contribution in [-0.4, -0.2) is 21.1 Å². The second-order valence-electron chi connectivity index (χ2n) is 3.92. The van der Waals surface area contributed by atoms with E-state index in [1.165, 1.54) is 6.07 Å². The number of carbonyl (C=O) groups is 1. The monoisotopic (exact) mass is 291 g/mol. The van der Waals surface area contributed by atoms with Crippen LogP contribution in [0, 0.1) is 30.3 Å². The van der Waals surface area contributed by atoms with Gasteiger partial charge < -0.3 is 0 Å². The van der Waals surface area contributed by atoms with Gasteiger partial charge in [0.15, 0.2) is 6.29 Å². The number of nitro benzene ring substituents is 3. The van der Waals surface area contributed by atoms with Gasteiger partial charge in [-0.3, -0.25) is 35.1 Å². The Morgan fingerprint density at radius 3 is 2.00 bits per heavy atom. The van der Waals surface area contributed by atoms with Gasteiger partial charge in [0.1, 0.15) is 5.39 Å². The molecule has 0 spiro atoms. The van der Waals surface area contributed by atoms with Crippen LogP contribution >= 0.6 is 0 Å². The molecule has 0 fully saturated rings. The minimum atomic E-state index is -0.969. The van der Waals surface area contributed by atoms with Crippen LogP contribution in [-0.2, 0) is 0 Å². The van der Waals surface area contributed by atoms with E-state index in [1.807, 2.05) is 0 Å². The summed E-state index contributed by atoms with van der Waals surface area (Å²) in [7, 11) is 0. The average molecular weight is 291 g/mol. The van der Waals surface area contributed by atoms with Crippen molar-refractivity contribution in [2.24, 2.45) is 0 Å². The molecule has 0 amide bonds. The Labute approximate surface area is 115 Å². The zero-order chi connectivity index (χ0) is 15.7. The third-order valence-corrected chi connectivity index (χ3v) is 2.82. The Hall–Kier alpha value is -3.43. The summed E-state index contributed by atoms with van der Waals surface area (Å²) in [5, 5.41) is 32.3. The molecule has 0 N–H and O–H groups in total. The fourth-order valence-electron chi connectivity index (χ4n) is 2.03. The molecule has 0 aliphatic rings. The first-order chi connectivity index (χ1) is 9.88. The number of aldehydes is 1. The van der Waals surface area contributed by atoms with E-state index in [2.05, 4.69) is 0 Å². The van der Waals surface area contributed by atoms with Gasteiger partial charge in [0.25, 0.3) is 17.1 Å². The molecule has 106 valence electrons. The molecule has 2 aromatic rings. The first-order valence-electron chi connectivity index (χ1n) is 5.36. The molecule has 10 heteroatoms. The van der Waals surface area contributed by atoms with E-state index < -0.39 is 42.8 Å². The minimum Gasteiger partial charge on any atom is -0.298 e. The topological polar surface area (TPSA) is 146 Å². The van der Waals surface area contributed by atoms with Crippen molar-refractivity contribution in [2.45, 2.75) is 0 Å². The lowest BCUT2D eigenvalue weighted by molar-refractivity contribution is -0.391. The lowest BCUT2D eigenvalue weighted by atomic mass is 10.0. The highest BCUT2D eigenvalue weighted by molar-refractivity contribution is 6.08. The Bertz CT molecular complexity index is 815. The van der Waals surface area contributed by atoms with Crippen molar-refractivity contribution >= 4 is 34.1 Å². The molecule has 0 atom stereocenters. The number of benzene rings is 2. The van der Waals surface area contributed by atoms with Crippen molar-refractivity contribution < 1.29 is 19.6 Å². The lowest BCUT2D eigenvalue weighted by Gasteiger charge is -2.04. The Morgan fingerprint density at radius 1 is 0.905 bits per heavy atom. The summed E-state index contributed by atoms with van der Waals surface area (Å²) in [6.45, 7) is 0. The van der Waals surface area contributed by atoms with Crippen LogP contribution in [0.15, 0.2) is 24.3 Å². The summed E-state index contributed by atoms with van der Waals surface area (Å²) in [4.78, 5) is 41.3. The number of fused-ring (bicyclic) bond motifs is 1. The van der Waals surface area contributed by atoms with Crippen LogP contribution in [0.2, 0.25) is 0 Å². The number of nitrogens with zero attached hydrogens (tertiary/aromatic N) is 3. The average Bonchev–Trinajstić information content (AvgIpc) is 2.43. The quantitative estimate of drug-likeness (QED) is 0.477. The molecule has 0 radical (unpaired) electrons. The number of hydrogen-bond acceptors (Lipinski definition) is 7. The highest BCUT2D eigenvalue weighted by Crippen LogP contribution is 2.40. The largest absolute Gasteiger partial charge is 0.298 e. The zero-order valence-electron chi connectivity index (χ0n) is 10.1. The minimum absolute atomic E-state index is 0.0568. The fraction of sp³-hybridized carbons (Fsp3) is 0. The molecule has 0 aromatic heterocycles. The molecule has 0 aliphatic heterocycles. The third kappa shape index (κ3) is 2.14. The summed E-state index contributed by atoms with van der Waals surface area (Å²) in [5.74, 6) is 0. The lowest BCUT2D eigenvalue weighted by Crippen LogP contribution is -2.01. The third-order valence-electron chi connectivity index (χ3n) is 2.82. The Morgan fingerprint density at radius 2 is 1.52 bits per heavy atom. The molecular formula is C11H5N3O7. The molecule has 0 saturated heterocycles. The smallest absolute Gasteiger partial charge is 0.295 e. The van der Waals surface area contributed by atoms with Crippen LogP contribution in [0.5, 0.6) is 0 Å². The van der Waals surface area contributed by atoms with E-state index in [-0.39, 0.29) is 11.7 Å². The number of rotatable bonds is 4. The zero-order valence-corrected chi connectivity index (χ0v) is 10.1. The Kier molecular flexibility index (Phi) is 3.28. The van der Waals surface area contributed by atoms with Gasteiger partial charge in [-0.05, 0) is 6.07 Å². The van der Waals surface area contributed by atoms with Gasteiger partial charge in [-0.2, -0.15) is 0 Å². The molecule has 21 heavy (non-hydrogen) atoms. The van der Waals surface area contributed by atoms with Crippen LogP contribution < -0.4 is 0 Å². The first-order valence-corrected chi connectivity index (χ1v) is 5.36. The van der Waals surface area contributed by atoms with Crippen molar-refractivity contribution in [1.29, 1.82) is 0 Å². The first kappa shape index (κ1) is 14.0. The normalized spacial score (nSPS) is 10.3. The summed E-state index contributed by atoms with van der Waals surface area (Å²) in [6, 6.07) is 4.05. The predicted molar refractivity (Wildman–Crippen MR) is 69.3 cm³/mol. The summed E-state index contributed by atoms with van der Waals surface area (Å²) >= 11 is 0. The van der Waals surface area contributed by atoms with Crippen molar-refractivity contribution in [2.75, 3.05) is 0 Å². The summed E-state index contributed by atoms with van der Waals surface area (Å²) in [5.41, 5.74) is -2.70. The van der Waals surface area contributed by atoms with E-state index >= 15 is 0 Å². The van der Waals surface area contributed by atoms with Crippen LogP contribution in [0.3, 0.4) is 0 Å². The second kappa shape index (κ2) is 4.92. The van der Waals surface area contributed by atoms with E-state index in [0.717, 1.165) is 18.2 Å². The van der Waals surface area contributed by atoms with Crippen LogP contribution in [0.25, 0.3) is 10.8 Å². The van der Waals surface area contributed by atoms with E-state index in [4.69, 9.17) is 0 Å². The number of non-ortho nitro benzene ring substituents is 2. The number of nitro groups is 3. The molecule has 0 saturated carbocycles. The van der Waals surface area contributed by atoms with Crippen molar-refractivity contribution in [3.05, 3.63) is 60.2 Å². The van der Waals surface area contributed by atoms with E-state index in [9.17, 15) is 35.1 Å². The molecule has 2 aromatic carbocycles. The maximum atomic E-state index is 11.1. The summed E-state index contributed by atoms with van der Waals surface area (Å²) < 4.78 is 0. The molecule has 10 nitrogen and oxygen atoms in total. The molecule has 0 bridgehead atoms. The highest BCUT2D eigenvalue weighted by atomic mass is 16.6. The van der Waals surface area contributed by atoms with Gasteiger partial charge in [-0.25, -0.2) is 0 Å². The van der Waals surface area contributed by atoms with Crippen molar-refractivity contribution in [3.8, 4) is 0 Å². The number of carbonyl (C=O) groups excluding carboxylic acids is 1. The molecule has 0 aliphatic carbocycles. The summed E-state index contributed by atoms with van der Waals surface area (Å²) in [6.07, 6.45) is 0.0568. The van der Waals surface area contributed by atoms with Crippen molar-refractivity contribution in [3.63, 3.8) is 0 Å². The highest BCUT2D eigenvalue weighted by Gasteiger charge is 2.31. The van der Waals surface area contributed by atoms with E-state index in [1.54, 1.807) is 0 Å². The number of hydrogen-bond donors (Lipinski definition) is 0. The second-order valence-corrected chi connectivity index (χ2v) is 3.92. The van der Waals surface area contributed by atoms with Crippen LogP contribution in [0.1, 0.15) is 10.4 Å². The Balaban J connectivity index is 3.15. The molecular weight excluding hydrogens is 286 g/mol. The SMILES string of the molecule is O=Cc1cc([N+](=O)[O-])c2cccc([N+](=O)[O-])c2c1[N+](=O)[O-]. The van der Waals surface area contributed by atoms with Gasteiger partial charge in [0.2, 0.25) is 0 Å². The standard InChI is InChI=1S/C11H5N3O7/c15-5-6-4-9(13(18)19)7-2-1-3-8(12(16)17)10(7)11(6)14(20)21/h1-5H. The van der Waals surface area contributed by atoms with Gasteiger partial charge >= 0.3 is 0 Å². The molecule has 0 unspecified atom stereocenters. The van der Waals surface area contributed by atoms with Gasteiger partial charge in [0, 0.05) is 12.1 Å². The maximum absolute atomic E-state index is 11.1. The van der Waals surface area contributed by atoms with Crippen LogP contribution in [0.4, 0.5) is 17.1 Å². The van der Waals surface area contributed by atoms with Gasteiger partial charge in [0.05, 0.1) is 25.7 Å². The molecule has 2 rings (SSSR count). The maximum Gasteiger partial charge on any atom is 0.295 e.